The molecule has 1 N–H and O–H groups in total. The fourth-order valence-corrected chi connectivity index (χ4v) is 4.23. The van der Waals surface area contributed by atoms with Crippen LogP contribution in [0.2, 0.25) is 0 Å². The largest absolute Gasteiger partial charge is 0.313 e. The fourth-order valence-electron chi connectivity index (χ4n) is 3.42. The Morgan fingerprint density at radius 1 is 1.12 bits per heavy atom. The minimum Gasteiger partial charge on any atom is -0.313 e. The van der Waals surface area contributed by atoms with Crippen LogP contribution in [-0.2, 0) is 0 Å². The van der Waals surface area contributed by atoms with Crippen LogP contribution in [0.25, 0.3) is 0 Å². The van der Waals surface area contributed by atoms with Gasteiger partial charge < -0.3 is 5.32 Å². The lowest BCUT2D eigenvalue weighted by atomic mass is 9.95. The summed E-state index contributed by atoms with van der Waals surface area (Å²) in [5, 5.41) is 3.76. The van der Waals surface area contributed by atoms with Gasteiger partial charge in [-0.15, -0.1) is 11.8 Å². The maximum absolute atomic E-state index is 3.76. The summed E-state index contributed by atoms with van der Waals surface area (Å²) in [5.74, 6) is 3.25. The van der Waals surface area contributed by atoms with E-state index in [4.69, 9.17) is 0 Å². The van der Waals surface area contributed by atoms with E-state index in [9.17, 15) is 0 Å². The molecule has 0 radical (unpaired) electrons. The van der Waals surface area contributed by atoms with E-state index in [1.807, 2.05) is 11.8 Å². The lowest BCUT2D eigenvalue weighted by Gasteiger charge is -2.22. The van der Waals surface area contributed by atoms with Crippen molar-refractivity contribution < 1.29 is 0 Å². The highest BCUT2D eigenvalue weighted by atomic mass is 32.2. The maximum atomic E-state index is 3.76. The van der Waals surface area contributed by atoms with Crippen molar-refractivity contribution in [3.8, 4) is 0 Å². The van der Waals surface area contributed by atoms with Gasteiger partial charge in [-0.25, -0.2) is 0 Å². The minimum absolute atomic E-state index is 0.838. The molecule has 2 aliphatic carbocycles. The summed E-state index contributed by atoms with van der Waals surface area (Å²) in [6.07, 6.45) is 5.93. The Labute approximate surface area is 108 Å². The van der Waals surface area contributed by atoms with Gasteiger partial charge in [0.1, 0.15) is 0 Å². The minimum atomic E-state index is 0.838. The van der Waals surface area contributed by atoms with E-state index in [-0.39, 0.29) is 0 Å². The van der Waals surface area contributed by atoms with Gasteiger partial charge in [-0.3, -0.25) is 0 Å². The van der Waals surface area contributed by atoms with E-state index in [1.54, 1.807) is 0 Å². The first kappa shape index (κ1) is 11.6. The molecular weight excluding hydrogens is 226 g/mol. The highest BCUT2D eigenvalue weighted by molar-refractivity contribution is 7.99. The van der Waals surface area contributed by atoms with Gasteiger partial charge >= 0.3 is 0 Å². The number of hydrogen-bond acceptors (Lipinski definition) is 2. The van der Waals surface area contributed by atoms with E-state index in [1.165, 1.54) is 36.3 Å². The van der Waals surface area contributed by atoms with Crippen molar-refractivity contribution in [2.75, 3.05) is 12.3 Å². The zero-order valence-corrected chi connectivity index (χ0v) is 11.1. The molecule has 0 amide bonds. The third kappa shape index (κ3) is 2.86. The first-order valence-electron chi connectivity index (χ1n) is 6.83. The molecule has 1 aromatic carbocycles. The van der Waals surface area contributed by atoms with Crippen LogP contribution in [0.4, 0.5) is 0 Å². The molecule has 0 spiro atoms. The SMILES string of the molecule is c1ccc(SCCNC2CC3CCC2C3)cc1. The molecule has 17 heavy (non-hydrogen) atoms. The first-order chi connectivity index (χ1) is 8.42. The average Bonchev–Trinajstić information content (AvgIpc) is 2.98. The Balaban J connectivity index is 1.36. The zero-order chi connectivity index (χ0) is 11.5. The molecule has 0 saturated heterocycles. The van der Waals surface area contributed by atoms with Gasteiger partial charge in [0, 0.05) is 23.2 Å². The zero-order valence-electron chi connectivity index (χ0n) is 10.3. The number of hydrogen-bond donors (Lipinski definition) is 1. The molecule has 2 bridgehead atoms. The Morgan fingerprint density at radius 2 is 2.00 bits per heavy atom. The monoisotopic (exact) mass is 247 g/mol. The second kappa shape index (κ2) is 5.45. The number of benzene rings is 1. The van der Waals surface area contributed by atoms with Crippen molar-refractivity contribution in [2.24, 2.45) is 11.8 Å². The van der Waals surface area contributed by atoms with Gasteiger partial charge in [0.25, 0.3) is 0 Å². The van der Waals surface area contributed by atoms with Gasteiger partial charge in [-0.2, -0.15) is 0 Å². The van der Waals surface area contributed by atoms with Gasteiger partial charge in [-0.1, -0.05) is 24.6 Å². The topological polar surface area (TPSA) is 12.0 Å². The Bertz CT molecular complexity index is 351. The second-order valence-electron chi connectivity index (χ2n) is 5.40. The summed E-state index contributed by atoms with van der Waals surface area (Å²) in [6, 6.07) is 11.5. The van der Waals surface area contributed by atoms with Crippen LogP contribution in [0.5, 0.6) is 0 Å². The number of thioether (sulfide) groups is 1. The van der Waals surface area contributed by atoms with Crippen LogP contribution >= 0.6 is 11.8 Å². The maximum Gasteiger partial charge on any atom is 0.0106 e. The van der Waals surface area contributed by atoms with Crippen molar-refractivity contribution in [1.82, 2.24) is 5.32 Å². The smallest absolute Gasteiger partial charge is 0.0106 e. The molecule has 3 unspecified atom stereocenters. The Kier molecular flexibility index (Phi) is 3.72. The molecule has 3 rings (SSSR count). The molecule has 92 valence electrons. The van der Waals surface area contributed by atoms with Crippen LogP contribution in [0, 0.1) is 11.8 Å². The van der Waals surface area contributed by atoms with Crippen molar-refractivity contribution >= 4 is 11.8 Å². The molecule has 0 aliphatic heterocycles. The van der Waals surface area contributed by atoms with Crippen molar-refractivity contribution in [3.05, 3.63) is 30.3 Å². The van der Waals surface area contributed by atoms with E-state index in [2.05, 4.69) is 35.6 Å². The molecule has 1 aromatic rings. The Hall–Kier alpha value is -0.470. The van der Waals surface area contributed by atoms with Crippen LogP contribution in [0.15, 0.2) is 35.2 Å². The average molecular weight is 247 g/mol. The predicted molar refractivity (Wildman–Crippen MR) is 74.4 cm³/mol. The number of nitrogens with one attached hydrogen (secondary N) is 1. The third-order valence-corrected chi connectivity index (χ3v) is 5.27. The van der Waals surface area contributed by atoms with Gasteiger partial charge in [0.05, 0.1) is 0 Å². The Morgan fingerprint density at radius 3 is 2.71 bits per heavy atom. The molecule has 2 heteroatoms. The van der Waals surface area contributed by atoms with Crippen molar-refractivity contribution in [2.45, 2.75) is 36.6 Å². The lowest BCUT2D eigenvalue weighted by molar-refractivity contribution is 0.359. The third-order valence-electron chi connectivity index (χ3n) is 4.26. The van der Waals surface area contributed by atoms with Crippen LogP contribution in [-0.4, -0.2) is 18.3 Å². The highest BCUT2D eigenvalue weighted by Crippen LogP contribution is 2.44. The number of fused-ring (bicyclic) bond motifs is 2. The normalized spacial score (nSPS) is 30.9. The summed E-state index contributed by atoms with van der Waals surface area (Å²) < 4.78 is 0. The van der Waals surface area contributed by atoms with E-state index in [0.717, 1.165) is 24.4 Å². The quantitative estimate of drug-likeness (QED) is 0.631. The van der Waals surface area contributed by atoms with E-state index in [0.29, 0.717) is 0 Å². The highest BCUT2D eigenvalue weighted by Gasteiger charge is 2.38. The van der Waals surface area contributed by atoms with Gasteiger partial charge in [0.2, 0.25) is 0 Å². The standard InChI is InChI=1S/C15H21NS/c1-2-4-14(5-3-1)17-9-8-16-15-11-12-6-7-13(15)10-12/h1-5,12-13,15-16H,6-11H2. The summed E-state index contributed by atoms with van der Waals surface area (Å²) in [4.78, 5) is 1.39. The van der Waals surface area contributed by atoms with Crippen molar-refractivity contribution in [1.29, 1.82) is 0 Å². The summed E-state index contributed by atoms with van der Waals surface area (Å²) in [6.45, 7) is 1.16. The summed E-state index contributed by atoms with van der Waals surface area (Å²) >= 11 is 1.96. The van der Waals surface area contributed by atoms with E-state index < -0.39 is 0 Å². The molecule has 0 aromatic heterocycles. The molecule has 1 nitrogen and oxygen atoms in total. The van der Waals surface area contributed by atoms with Gasteiger partial charge in [0.15, 0.2) is 0 Å². The number of rotatable bonds is 5. The fraction of sp³-hybridized carbons (Fsp3) is 0.600. The second-order valence-corrected chi connectivity index (χ2v) is 6.57. The van der Waals surface area contributed by atoms with Crippen LogP contribution < -0.4 is 5.32 Å². The molecule has 2 fully saturated rings. The van der Waals surface area contributed by atoms with Crippen molar-refractivity contribution in [3.63, 3.8) is 0 Å². The first-order valence-corrected chi connectivity index (χ1v) is 7.81. The van der Waals surface area contributed by atoms with E-state index >= 15 is 0 Å². The molecule has 3 atom stereocenters. The molecule has 0 heterocycles. The van der Waals surface area contributed by atoms with Crippen LogP contribution in [0.1, 0.15) is 25.7 Å². The molecule has 2 aliphatic rings. The molecular formula is C15H21NS. The predicted octanol–water partition coefficient (Wildman–Crippen LogP) is 3.56. The lowest BCUT2D eigenvalue weighted by Crippen LogP contribution is -2.35. The van der Waals surface area contributed by atoms with Crippen LogP contribution in [0.3, 0.4) is 0 Å². The summed E-state index contributed by atoms with van der Waals surface area (Å²) in [7, 11) is 0. The van der Waals surface area contributed by atoms with Gasteiger partial charge in [-0.05, 0) is 43.2 Å². The summed E-state index contributed by atoms with van der Waals surface area (Å²) in [5.41, 5.74) is 0. The molecule has 2 saturated carbocycles.